The Kier molecular flexibility index (Phi) is 4.70. The Morgan fingerprint density at radius 1 is 1.27 bits per heavy atom. The summed E-state index contributed by atoms with van der Waals surface area (Å²) in [5.41, 5.74) is 7.68. The minimum absolute atomic E-state index is 0.0806. The number of carbonyl (C=O) groups excluding carboxylic acids is 1. The topological polar surface area (TPSA) is 74.4 Å². The van der Waals surface area contributed by atoms with Crippen LogP contribution in [0.1, 0.15) is 37.7 Å². The summed E-state index contributed by atoms with van der Waals surface area (Å²) < 4.78 is 11.4. The Morgan fingerprint density at radius 3 is 2.81 bits per heavy atom. The first kappa shape index (κ1) is 17.1. The molecule has 1 aromatic carbocycles. The molecule has 0 radical (unpaired) electrons. The molecular weight excluding hydrogens is 328 g/mol. The smallest absolute Gasteiger partial charge is 0.220 e. The van der Waals surface area contributed by atoms with Crippen LogP contribution in [0, 0.1) is 17.8 Å². The number of methoxy groups -OCH3 is 1. The molecule has 2 aromatic rings. The summed E-state index contributed by atoms with van der Waals surface area (Å²) in [5.74, 6) is 2.88. The fourth-order valence-corrected chi connectivity index (χ4v) is 4.53. The average molecular weight is 354 g/mol. The maximum atomic E-state index is 11.4. The van der Waals surface area contributed by atoms with Crippen LogP contribution < -0.4 is 15.2 Å². The molecule has 2 aliphatic rings. The number of hydrogen-bond donors (Lipinski definition) is 1. The van der Waals surface area contributed by atoms with E-state index in [0.717, 1.165) is 67.5 Å². The third kappa shape index (κ3) is 3.35. The van der Waals surface area contributed by atoms with Crippen molar-refractivity contribution >= 4 is 16.8 Å². The molecule has 26 heavy (non-hydrogen) atoms. The van der Waals surface area contributed by atoms with E-state index in [1.807, 2.05) is 18.3 Å². The van der Waals surface area contributed by atoms with Crippen molar-refractivity contribution < 1.29 is 14.3 Å². The number of hydrogen-bond acceptors (Lipinski definition) is 4. The fourth-order valence-electron chi connectivity index (χ4n) is 4.53. The fraction of sp³-hybridized carbons (Fsp3) is 0.524. The lowest BCUT2D eigenvalue weighted by atomic mass is 9.76. The van der Waals surface area contributed by atoms with Crippen molar-refractivity contribution in [3.05, 3.63) is 30.0 Å². The van der Waals surface area contributed by atoms with Gasteiger partial charge in [0.05, 0.1) is 25.4 Å². The molecule has 1 saturated carbocycles. The van der Waals surface area contributed by atoms with Crippen LogP contribution in [0.25, 0.3) is 10.9 Å². The first-order chi connectivity index (χ1) is 12.6. The zero-order chi connectivity index (χ0) is 18.1. The molecule has 1 atom stereocenters. The van der Waals surface area contributed by atoms with E-state index in [4.69, 9.17) is 15.2 Å². The minimum Gasteiger partial charge on any atom is -0.497 e. The van der Waals surface area contributed by atoms with Crippen molar-refractivity contribution in [2.75, 3.05) is 13.7 Å². The van der Waals surface area contributed by atoms with Crippen molar-refractivity contribution in [2.24, 2.45) is 23.5 Å². The summed E-state index contributed by atoms with van der Waals surface area (Å²) in [4.78, 5) is 15.9. The van der Waals surface area contributed by atoms with E-state index in [1.165, 1.54) is 5.56 Å². The number of amides is 1. The second-order valence-corrected chi connectivity index (χ2v) is 7.72. The van der Waals surface area contributed by atoms with Gasteiger partial charge in [0.25, 0.3) is 0 Å². The van der Waals surface area contributed by atoms with Crippen molar-refractivity contribution in [3.63, 3.8) is 0 Å². The second-order valence-electron chi connectivity index (χ2n) is 7.72. The Labute approximate surface area is 153 Å². The van der Waals surface area contributed by atoms with E-state index < -0.39 is 0 Å². The van der Waals surface area contributed by atoms with Crippen LogP contribution in [0.5, 0.6) is 11.5 Å². The first-order valence-electron chi connectivity index (χ1n) is 9.51. The summed E-state index contributed by atoms with van der Waals surface area (Å²) in [5, 5.41) is 1.13. The Hall–Kier alpha value is -2.30. The Bertz CT molecular complexity index is 807. The molecule has 4 rings (SSSR count). The van der Waals surface area contributed by atoms with Crippen LogP contribution in [-0.2, 0) is 11.2 Å². The molecule has 138 valence electrons. The maximum absolute atomic E-state index is 11.4. The zero-order valence-electron chi connectivity index (χ0n) is 15.2. The van der Waals surface area contributed by atoms with Crippen molar-refractivity contribution in [1.82, 2.24) is 4.98 Å². The van der Waals surface area contributed by atoms with E-state index in [0.29, 0.717) is 11.8 Å². The van der Waals surface area contributed by atoms with Gasteiger partial charge in [-0.3, -0.25) is 9.78 Å². The standard InChI is InChI=1S/C21H26N2O3/c1-25-16-6-7-19-17(10-16)18-9-14(12-26-20(18)11-23-19)8-13-2-4-15(5-3-13)21(22)24/h6-7,10-11,13-15H,2-5,8-9,12H2,1H3,(H2,22,24). The predicted molar refractivity (Wildman–Crippen MR) is 100 cm³/mol. The van der Waals surface area contributed by atoms with Gasteiger partial charge in [-0.25, -0.2) is 0 Å². The van der Waals surface area contributed by atoms with Crippen LogP contribution in [0.15, 0.2) is 24.4 Å². The molecule has 1 fully saturated rings. The molecule has 1 aromatic heterocycles. The Morgan fingerprint density at radius 2 is 2.08 bits per heavy atom. The minimum atomic E-state index is -0.133. The summed E-state index contributed by atoms with van der Waals surface area (Å²) >= 11 is 0. The first-order valence-corrected chi connectivity index (χ1v) is 9.51. The number of benzene rings is 1. The van der Waals surface area contributed by atoms with Gasteiger partial charge in [0.2, 0.25) is 5.91 Å². The highest BCUT2D eigenvalue weighted by Gasteiger charge is 2.29. The molecular formula is C21H26N2O3. The highest BCUT2D eigenvalue weighted by Crippen LogP contribution is 2.38. The maximum Gasteiger partial charge on any atom is 0.220 e. The van der Waals surface area contributed by atoms with E-state index in [2.05, 4.69) is 11.1 Å². The van der Waals surface area contributed by atoms with Gasteiger partial charge in [-0.2, -0.15) is 0 Å². The highest BCUT2D eigenvalue weighted by molar-refractivity contribution is 5.85. The predicted octanol–water partition coefficient (Wildman–Crippen LogP) is 3.48. The van der Waals surface area contributed by atoms with Crippen LogP contribution >= 0.6 is 0 Å². The number of ether oxygens (including phenoxy) is 2. The molecule has 2 N–H and O–H groups in total. The largest absolute Gasteiger partial charge is 0.497 e. The summed E-state index contributed by atoms with van der Waals surface area (Å²) in [6, 6.07) is 6.01. The SMILES string of the molecule is COc1ccc2ncc3c(c2c1)CC(CC1CCC(C(N)=O)CC1)CO3. The van der Waals surface area contributed by atoms with Gasteiger partial charge in [-0.1, -0.05) is 0 Å². The lowest BCUT2D eigenvalue weighted by molar-refractivity contribution is -0.123. The lowest BCUT2D eigenvalue weighted by Gasteiger charge is -2.32. The lowest BCUT2D eigenvalue weighted by Crippen LogP contribution is -2.29. The molecule has 1 unspecified atom stereocenters. The molecule has 1 aliphatic heterocycles. The quantitative estimate of drug-likeness (QED) is 0.912. The normalized spacial score (nSPS) is 25.3. The average Bonchev–Trinajstić information content (AvgIpc) is 2.68. The number of nitrogens with two attached hydrogens (primary N) is 1. The third-order valence-electron chi connectivity index (χ3n) is 6.03. The van der Waals surface area contributed by atoms with Crippen molar-refractivity contribution in [1.29, 1.82) is 0 Å². The van der Waals surface area contributed by atoms with Crippen LogP contribution in [0.4, 0.5) is 0 Å². The van der Waals surface area contributed by atoms with Crippen molar-refractivity contribution in [3.8, 4) is 11.5 Å². The molecule has 0 spiro atoms. The number of rotatable bonds is 4. The third-order valence-corrected chi connectivity index (χ3v) is 6.03. The summed E-state index contributed by atoms with van der Waals surface area (Å²) in [6.45, 7) is 0.750. The number of nitrogens with zero attached hydrogens (tertiary/aromatic N) is 1. The van der Waals surface area contributed by atoms with E-state index in [1.54, 1.807) is 7.11 Å². The van der Waals surface area contributed by atoms with Crippen molar-refractivity contribution in [2.45, 2.75) is 38.5 Å². The van der Waals surface area contributed by atoms with Gasteiger partial charge < -0.3 is 15.2 Å². The number of primary amides is 1. The molecule has 0 bridgehead atoms. The molecule has 5 heteroatoms. The van der Waals surface area contributed by atoms with Gasteiger partial charge >= 0.3 is 0 Å². The van der Waals surface area contributed by atoms with E-state index in [-0.39, 0.29) is 11.8 Å². The highest BCUT2D eigenvalue weighted by atomic mass is 16.5. The van der Waals surface area contributed by atoms with Crippen LogP contribution in [0.3, 0.4) is 0 Å². The van der Waals surface area contributed by atoms with Gasteiger partial charge in [0, 0.05) is 16.9 Å². The number of pyridine rings is 1. The van der Waals surface area contributed by atoms with E-state index >= 15 is 0 Å². The number of fused-ring (bicyclic) bond motifs is 3. The van der Waals surface area contributed by atoms with Gasteiger partial charge in [-0.05, 0) is 68.6 Å². The molecule has 1 amide bonds. The monoisotopic (exact) mass is 354 g/mol. The van der Waals surface area contributed by atoms with Gasteiger partial charge in [-0.15, -0.1) is 0 Å². The molecule has 2 heterocycles. The summed E-state index contributed by atoms with van der Waals surface area (Å²) in [7, 11) is 1.69. The molecule has 5 nitrogen and oxygen atoms in total. The van der Waals surface area contributed by atoms with E-state index in [9.17, 15) is 4.79 Å². The Balaban J connectivity index is 1.49. The second kappa shape index (κ2) is 7.14. The van der Waals surface area contributed by atoms with Gasteiger partial charge in [0.15, 0.2) is 0 Å². The van der Waals surface area contributed by atoms with Gasteiger partial charge in [0.1, 0.15) is 11.5 Å². The van der Waals surface area contributed by atoms with Crippen LogP contribution in [0.2, 0.25) is 0 Å². The van der Waals surface area contributed by atoms with Crippen LogP contribution in [-0.4, -0.2) is 24.6 Å². The number of carbonyl (C=O) groups is 1. The zero-order valence-corrected chi connectivity index (χ0v) is 15.2. The summed E-state index contributed by atoms with van der Waals surface area (Å²) in [6.07, 6.45) is 8.08. The molecule has 0 saturated heterocycles. The number of aromatic nitrogens is 1. The molecule has 1 aliphatic carbocycles.